The Kier molecular flexibility index (Phi) is 2.68. The van der Waals surface area contributed by atoms with E-state index in [0.29, 0.717) is 5.75 Å². The van der Waals surface area contributed by atoms with Crippen molar-refractivity contribution in [3.05, 3.63) is 29.3 Å². The molecule has 1 atom stereocenters. The van der Waals surface area contributed by atoms with Gasteiger partial charge in [-0.05, 0) is 36.2 Å². The van der Waals surface area contributed by atoms with Crippen LogP contribution in [-0.4, -0.2) is 12.9 Å². The van der Waals surface area contributed by atoms with Crippen molar-refractivity contribution in [3.8, 4) is 5.75 Å². The smallest absolute Gasteiger partial charge is 0.235 e. The molecule has 1 aromatic rings. The van der Waals surface area contributed by atoms with Crippen molar-refractivity contribution >= 4 is 0 Å². The van der Waals surface area contributed by atoms with Crippen LogP contribution in [0.5, 0.6) is 5.75 Å². The quantitative estimate of drug-likeness (QED) is 0.779. The lowest BCUT2D eigenvalue weighted by molar-refractivity contribution is 0.0859. The van der Waals surface area contributed by atoms with Gasteiger partial charge in [0.1, 0.15) is 5.75 Å². The molecule has 1 N–H and O–H groups in total. The topological polar surface area (TPSA) is 21.3 Å². The van der Waals surface area contributed by atoms with Gasteiger partial charge in [0.05, 0.1) is 0 Å². The first-order valence-electron chi connectivity index (χ1n) is 4.89. The average Bonchev–Trinajstić information content (AvgIpc) is 2.17. The minimum Gasteiger partial charge on any atom is -0.461 e. The molecule has 14 heavy (non-hydrogen) atoms. The Balaban J connectivity index is 2.20. The van der Waals surface area contributed by atoms with E-state index >= 15 is 0 Å². The van der Waals surface area contributed by atoms with Gasteiger partial charge in [-0.1, -0.05) is 6.07 Å². The molecule has 1 aliphatic heterocycles. The standard InChI is InChI=1S/C11H14FNO/c1-8(12)14-11-3-2-10-7-13-5-4-9(10)6-11/h2-3,6,8,13H,4-5,7H2,1H3. The molecule has 0 aromatic heterocycles. The molecule has 76 valence electrons. The maximum Gasteiger partial charge on any atom is 0.235 e. The van der Waals surface area contributed by atoms with Crippen LogP contribution in [0.2, 0.25) is 0 Å². The predicted molar refractivity (Wildman–Crippen MR) is 53.1 cm³/mol. The lowest BCUT2D eigenvalue weighted by Crippen LogP contribution is -2.23. The molecule has 0 bridgehead atoms. The van der Waals surface area contributed by atoms with Crippen molar-refractivity contribution < 1.29 is 9.13 Å². The summed E-state index contributed by atoms with van der Waals surface area (Å²) in [7, 11) is 0. The number of hydrogen-bond donors (Lipinski definition) is 1. The minimum atomic E-state index is -1.24. The van der Waals surface area contributed by atoms with E-state index < -0.39 is 6.36 Å². The molecule has 1 aliphatic rings. The number of alkyl halides is 1. The van der Waals surface area contributed by atoms with E-state index in [1.54, 1.807) is 0 Å². The Hall–Kier alpha value is -1.09. The van der Waals surface area contributed by atoms with Gasteiger partial charge in [-0.25, -0.2) is 4.39 Å². The maximum absolute atomic E-state index is 12.6. The van der Waals surface area contributed by atoms with Crippen LogP contribution in [-0.2, 0) is 13.0 Å². The molecular weight excluding hydrogens is 181 g/mol. The highest BCUT2D eigenvalue weighted by Gasteiger charge is 2.10. The van der Waals surface area contributed by atoms with Gasteiger partial charge in [-0.3, -0.25) is 0 Å². The van der Waals surface area contributed by atoms with Gasteiger partial charge >= 0.3 is 0 Å². The Morgan fingerprint density at radius 1 is 1.43 bits per heavy atom. The van der Waals surface area contributed by atoms with Crippen molar-refractivity contribution in [2.75, 3.05) is 6.54 Å². The Bertz CT molecular complexity index is 325. The highest BCUT2D eigenvalue weighted by molar-refractivity contribution is 5.37. The molecule has 0 spiro atoms. The third-order valence-electron chi connectivity index (χ3n) is 2.36. The highest BCUT2D eigenvalue weighted by Crippen LogP contribution is 2.21. The number of nitrogens with one attached hydrogen (secondary N) is 1. The Morgan fingerprint density at radius 2 is 2.29 bits per heavy atom. The van der Waals surface area contributed by atoms with E-state index in [-0.39, 0.29) is 0 Å². The van der Waals surface area contributed by atoms with Gasteiger partial charge in [0.25, 0.3) is 0 Å². The van der Waals surface area contributed by atoms with E-state index in [9.17, 15) is 4.39 Å². The van der Waals surface area contributed by atoms with Crippen LogP contribution in [0.3, 0.4) is 0 Å². The molecule has 0 saturated heterocycles. The van der Waals surface area contributed by atoms with E-state index in [1.807, 2.05) is 18.2 Å². The van der Waals surface area contributed by atoms with Crippen molar-refractivity contribution in [1.29, 1.82) is 0 Å². The van der Waals surface area contributed by atoms with Crippen LogP contribution in [0.15, 0.2) is 18.2 Å². The fourth-order valence-corrected chi connectivity index (χ4v) is 1.71. The second-order valence-corrected chi connectivity index (χ2v) is 3.52. The van der Waals surface area contributed by atoms with Crippen LogP contribution in [0, 0.1) is 0 Å². The second-order valence-electron chi connectivity index (χ2n) is 3.52. The zero-order valence-corrected chi connectivity index (χ0v) is 8.22. The summed E-state index contributed by atoms with van der Waals surface area (Å²) in [5, 5.41) is 3.29. The van der Waals surface area contributed by atoms with E-state index in [1.165, 1.54) is 18.1 Å². The van der Waals surface area contributed by atoms with Gasteiger partial charge in [0.15, 0.2) is 0 Å². The van der Waals surface area contributed by atoms with Gasteiger partial charge in [-0.2, -0.15) is 0 Å². The number of ether oxygens (including phenoxy) is 1. The predicted octanol–water partition coefficient (Wildman–Crippen LogP) is 2.03. The molecule has 2 nitrogen and oxygen atoms in total. The largest absolute Gasteiger partial charge is 0.461 e. The average molecular weight is 195 g/mol. The van der Waals surface area contributed by atoms with E-state index in [0.717, 1.165) is 19.5 Å². The molecule has 1 aromatic carbocycles. The lowest BCUT2D eigenvalue weighted by Gasteiger charge is -2.18. The molecule has 1 heterocycles. The summed E-state index contributed by atoms with van der Waals surface area (Å²) in [5.74, 6) is 0.626. The summed E-state index contributed by atoms with van der Waals surface area (Å²) in [6.07, 6.45) is -0.248. The number of fused-ring (bicyclic) bond motifs is 1. The Labute approximate surface area is 83.1 Å². The molecular formula is C11H14FNO. The third-order valence-corrected chi connectivity index (χ3v) is 2.36. The summed E-state index contributed by atoms with van der Waals surface area (Å²) in [6, 6.07) is 5.76. The lowest BCUT2D eigenvalue weighted by atomic mass is 10.0. The zero-order chi connectivity index (χ0) is 9.97. The molecule has 0 amide bonds. The van der Waals surface area contributed by atoms with Crippen LogP contribution in [0.1, 0.15) is 18.1 Å². The highest BCUT2D eigenvalue weighted by atomic mass is 19.1. The summed E-state index contributed by atoms with van der Waals surface area (Å²) < 4.78 is 17.6. The van der Waals surface area contributed by atoms with Crippen LogP contribution >= 0.6 is 0 Å². The summed E-state index contributed by atoms with van der Waals surface area (Å²) >= 11 is 0. The number of benzene rings is 1. The minimum absolute atomic E-state index is 0.626. The first-order valence-corrected chi connectivity index (χ1v) is 4.89. The number of rotatable bonds is 2. The normalized spacial score (nSPS) is 17.3. The number of hydrogen-bond acceptors (Lipinski definition) is 2. The van der Waals surface area contributed by atoms with Crippen molar-refractivity contribution in [3.63, 3.8) is 0 Å². The molecule has 1 unspecified atom stereocenters. The van der Waals surface area contributed by atoms with Gasteiger partial charge in [0, 0.05) is 13.5 Å². The monoisotopic (exact) mass is 195 g/mol. The summed E-state index contributed by atoms with van der Waals surface area (Å²) in [6.45, 7) is 3.28. The van der Waals surface area contributed by atoms with Gasteiger partial charge < -0.3 is 10.1 Å². The van der Waals surface area contributed by atoms with Crippen LogP contribution in [0.25, 0.3) is 0 Å². The fourth-order valence-electron chi connectivity index (χ4n) is 1.71. The summed E-state index contributed by atoms with van der Waals surface area (Å²) in [4.78, 5) is 0. The van der Waals surface area contributed by atoms with Gasteiger partial charge in [-0.15, -0.1) is 0 Å². The SMILES string of the molecule is CC(F)Oc1ccc2c(c1)CCNC2. The zero-order valence-electron chi connectivity index (χ0n) is 8.22. The van der Waals surface area contributed by atoms with Crippen molar-refractivity contribution in [2.45, 2.75) is 26.2 Å². The molecule has 3 heteroatoms. The first-order chi connectivity index (χ1) is 6.75. The molecule has 2 rings (SSSR count). The van der Waals surface area contributed by atoms with E-state index in [4.69, 9.17) is 4.74 Å². The molecule has 0 aliphatic carbocycles. The third kappa shape index (κ3) is 2.04. The van der Waals surface area contributed by atoms with Crippen molar-refractivity contribution in [2.24, 2.45) is 0 Å². The second kappa shape index (κ2) is 3.96. The van der Waals surface area contributed by atoms with Crippen LogP contribution in [0.4, 0.5) is 4.39 Å². The first kappa shape index (κ1) is 9.46. The number of halogens is 1. The molecule has 0 radical (unpaired) electrons. The van der Waals surface area contributed by atoms with E-state index in [2.05, 4.69) is 5.32 Å². The van der Waals surface area contributed by atoms with Crippen LogP contribution < -0.4 is 10.1 Å². The molecule has 0 saturated carbocycles. The molecule has 0 fully saturated rings. The van der Waals surface area contributed by atoms with Crippen molar-refractivity contribution in [1.82, 2.24) is 5.32 Å². The fraction of sp³-hybridized carbons (Fsp3) is 0.455. The Morgan fingerprint density at radius 3 is 3.07 bits per heavy atom. The van der Waals surface area contributed by atoms with Gasteiger partial charge in [0.2, 0.25) is 6.36 Å². The summed E-state index contributed by atoms with van der Waals surface area (Å²) in [5.41, 5.74) is 2.55. The maximum atomic E-state index is 12.6.